The lowest BCUT2D eigenvalue weighted by molar-refractivity contribution is -0.122. The number of thioether (sulfide) groups is 1. The Bertz CT molecular complexity index is 5040. The second-order valence-corrected chi connectivity index (χ2v) is 27.9. The van der Waals surface area contributed by atoms with E-state index >= 15 is 0 Å². The van der Waals surface area contributed by atoms with Gasteiger partial charge in [-0.05, 0) is 112 Å². The number of carbonyl (C=O) groups is 3. The molecule has 32 heteroatoms. The van der Waals surface area contributed by atoms with Gasteiger partial charge in [-0.1, -0.05) is 42.2 Å². The maximum atomic E-state index is 14.0. The summed E-state index contributed by atoms with van der Waals surface area (Å²) in [7, 11) is 1.59. The first-order valence-electron chi connectivity index (χ1n) is 33.2. The standard InChI is InChI=1S/C70H71N17O12S3/c1-6-38-22-44(71)60-65(75-29-38)85(68(82-60)100-54-26-51-48(91-32-94-51)23-41(54)45-12-8-37(4)97-45)19-16-58(89)80-35(2)7-9-39-10-13-46(98-39)42-24-49-52(95-33-92-49)27-55(42)101-70-84-62-64(73)77-31-79-67(62)87(70)20-17-59(90)81-36(3)21-40-11-14-47(99-40)43-25-50-53(96-34-93-50)28-56(43)102-69-83-61-63(72)76-30-78-66(61)86(69)18-15-57(88)74-5/h8,10-14,23-31,35-36,68,82H,6-7,9,15-22,32-34,71H2,1-5H3,(H,74,88)(H,80,89)(H,81,90)(H2,72,76,78)(H2,73,77,79). The normalized spacial score (nSPS) is 15.5. The van der Waals surface area contributed by atoms with Crippen molar-refractivity contribution in [3.63, 3.8) is 0 Å². The molecule has 0 radical (unpaired) electrons. The van der Waals surface area contributed by atoms with Gasteiger partial charge in [-0.25, -0.2) is 34.9 Å². The lowest BCUT2D eigenvalue weighted by atomic mass is 10.1. The molecule has 3 unspecified atom stereocenters. The molecule has 102 heavy (non-hydrogen) atoms. The number of hydrogen-bond acceptors (Lipinski definition) is 27. The quantitative estimate of drug-likeness (QED) is 0.0265. The van der Waals surface area contributed by atoms with Gasteiger partial charge in [-0.15, -0.1) is 0 Å². The van der Waals surface area contributed by atoms with E-state index in [2.05, 4.69) is 53.0 Å². The van der Waals surface area contributed by atoms with Crippen molar-refractivity contribution in [2.75, 3.05) is 45.4 Å². The Morgan fingerprint density at radius 1 is 0.618 bits per heavy atom. The fraction of sp³-hybridized carbons (Fsp3) is 0.314. The highest BCUT2D eigenvalue weighted by molar-refractivity contribution is 8.00. The van der Waals surface area contributed by atoms with E-state index in [0.29, 0.717) is 151 Å². The topological polar surface area (TPSA) is 375 Å². The molecule has 10 aromatic rings. The predicted octanol–water partition coefficient (Wildman–Crippen LogP) is 10.1. The highest BCUT2D eigenvalue weighted by Gasteiger charge is 2.38. The number of nitrogen functional groups attached to an aromatic ring is 2. The number of aliphatic imine (C=N–C) groups is 1. The predicted molar refractivity (Wildman–Crippen MR) is 380 cm³/mol. The Balaban J connectivity index is 0.595. The molecule has 0 spiro atoms. The van der Waals surface area contributed by atoms with Gasteiger partial charge in [0.2, 0.25) is 38.1 Å². The summed E-state index contributed by atoms with van der Waals surface area (Å²) in [4.78, 5) is 76.9. The second kappa shape index (κ2) is 28.6. The molecule has 12 heterocycles. The highest BCUT2D eigenvalue weighted by Crippen LogP contribution is 2.49. The van der Waals surface area contributed by atoms with Gasteiger partial charge < -0.3 is 94.2 Å². The van der Waals surface area contributed by atoms with Crippen molar-refractivity contribution in [2.24, 2.45) is 10.7 Å². The molecule has 1 saturated heterocycles. The van der Waals surface area contributed by atoms with E-state index in [4.69, 9.17) is 73.8 Å². The van der Waals surface area contributed by atoms with Crippen molar-refractivity contribution in [1.29, 1.82) is 0 Å². The molecule has 29 nitrogen and oxygen atoms in total. The summed E-state index contributed by atoms with van der Waals surface area (Å²) in [6.45, 7) is 8.91. The third-order valence-corrected chi connectivity index (χ3v) is 21.0. The first-order valence-corrected chi connectivity index (χ1v) is 35.7. The van der Waals surface area contributed by atoms with Crippen molar-refractivity contribution in [3.05, 3.63) is 126 Å². The summed E-state index contributed by atoms with van der Waals surface area (Å²) in [6, 6.07) is 22.3. The van der Waals surface area contributed by atoms with Crippen molar-refractivity contribution < 1.29 is 56.1 Å². The zero-order chi connectivity index (χ0) is 70.3. The first-order chi connectivity index (χ1) is 49.6. The number of aryl methyl sites for hydroxylation is 4. The molecule has 526 valence electrons. The average molecular weight is 1440 g/mol. The average Bonchev–Trinajstić information content (AvgIpc) is 1.65. The van der Waals surface area contributed by atoms with Gasteiger partial charge in [0, 0.05) is 121 Å². The van der Waals surface area contributed by atoms with Gasteiger partial charge in [0.25, 0.3) is 0 Å². The van der Waals surface area contributed by atoms with Gasteiger partial charge in [-0.3, -0.25) is 14.4 Å². The van der Waals surface area contributed by atoms with Crippen LogP contribution in [0.1, 0.15) is 76.6 Å². The van der Waals surface area contributed by atoms with Crippen molar-refractivity contribution in [1.82, 2.24) is 65.2 Å². The number of imidazole rings is 2. The number of hydrogen-bond donors (Lipinski definition) is 7. The Morgan fingerprint density at radius 3 is 1.68 bits per heavy atom. The largest absolute Gasteiger partial charge is 0.461 e. The smallest absolute Gasteiger partial charge is 0.231 e. The minimum Gasteiger partial charge on any atom is -0.461 e. The van der Waals surface area contributed by atoms with Gasteiger partial charge in [0.05, 0.1) is 5.70 Å². The molecule has 0 bridgehead atoms. The van der Waals surface area contributed by atoms with E-state index in [-0.39, 0.29) is 99.7 Å². The number of furan rings is 3. The van der Waals surface area contributed by atoms with Crippen LogP contribution in [0.15, 0.2) is 152 Å². The third kappa shape index (κ3) is 13.9. The summed E-state index contributed by atoms with van der Waals surface area (Å²) in [5.74, 6) is 7.98. The Kier molecular flexibility index (Phi) is 18.7. The summed E-state index contributed by atoms with van der Waals surface area (Å²) in [5, 5.41) is 13.7. The van der Waals surface area contributed by atoms with Gasteiger partial charge in [0.15, 0.2) is 90.1 Å². The molecule has 10 N–H and O–H groups in total. The van der Waals surface area contributed by atoms with Crippen LogP contribution in [0, 0.1) is 6.92 Å². The summed E-state index contributed by atoms with van der Waals surface area (Å²) in [5.41, 5.74) is 25.6. The van der Waals surface area contributed by atoms with Crippen LogP contribution in [0.4, 0.5) is 11.6 Å². The fourth-order valence-electron chi connectivity index (χ4n) is 12.4. The van der Waals surface area contributed by atoms with E-state index in [1.54, 1.807) is 18.8 Å². The number of fused-ring (bicyclic) bond motifs is 6. The molecular weight excluding hydrogens is 1370 g/mol. The Labute approximate surface area is 596 Å². The minimum atomic E-state index is -0.384. The molecule has 5 aliphatic heterocycles. The van der Waals surface area contributed by atoms with E-state index in [1.807, 2.05) is 109 Å². The van der Waals surface area contributed by atoms with Gasteiger partial charge >= 0.3 is 0 Å². The number of nitrogens with zero attached hydrogens (tertiary/aromatic N) is 10. The van der Waals surface area contributed by atoms with Crippen LogP contribution in [-0.4, -0.2) is 119 Å². The van der Waals surface area contributed by atoms with Crippen LogP contribution in [0.25, 0.3) is 56.3 Å². The maximum absolute atomic E-state index is 14.0. The van der Waals surface area contributed by atoms with Crippen LogP contribution in [0.2, 0.25) is 0 Å². The molecule has 0 aliphatic carbocycles. The number of benzene rings is 3. The first kappa shape index (κ1) is 66.9. The van der Waals surface area contributed by atoms with Crippen LogP contribution in [0.3, 0.4) is 0 Å². The zero-order valence-electron chi connectivity index (χ0n) is 56.1. The molecule has 3 amide bonds. The number of ether oxygens (including phenoxy) is 6. The molecule has 7 aromatic heterocycles. The van der Waals surface area contributed by atoms with Crippen molar-refractivity contribution in [2.45, 2.75) is 135 Å². The van der Waals surface area contributed by atoms with E-state index < -0.39 is 0 Å². The van der Waals surface area contributed by atoms with Gasteiger partial charge in [-0.2, -0.15) is 0 Å². The van der Waals surface area contributed by atoms with Crippen molar-refractivity contribution >= 4 is 92.8 Å². The number of carbonyl (C=O) groups excluding carboxylic acids is 3. The number of nitrogens with two attached hydrogens (primary N) is 3. The minimum absolute atomic E-state index is 0.0402. The number of amides is 3. The molecule has 3 atom stereocenters. The summed E-state index contributed by atoms with van der Waals surface area (Å²) < 4.78 is 57.9. The van der Waals surface area contributed by atoms with Crippen LogP contribution < -0.4 is 66.9 Å². The van der Waals surface area contributed by atoms with E-state index in [0.717, 1.165) is 43.7 Å². The highest BCUT2D eigenvalue weighted by atomic mass is 32.2. The number of aromatic nitrogens is 8. The molecule has 15 rings (SSSR count). The van der Waals surface area contributed by atoms with E-state index in [1.165, 1.54) is 36.2 Å². The summed E-state index contributed by atoms with van der Waals surface area (Å²) in [6.07, 6.45) is 7.89. The lowest BCUT2D eigenvalue weighted by Crippen LogP contribution is -2.39. The van der Waals surface area contributed by atoms with Crippen LogP contribution in [-0.2, 0) is 40.3 Å². The SMILES string of the molecule is CCC1=CN=C2C(=C(N)C1)NC(Sc1cc3c(cc1-c1ccc(C)o1)OCO3)N2CCC(=O)NC(C)CCc1ccc(-c2cc3c(cc2Sc2nc4c(N)ncnc4n2CCC(=O)NC(C)Cc2ccc(-c4cc5c(cc4Sc4nc6c(N)ncnc6n4CCC(=O)NC)OCO5)o2)OCO3)o1. The third-order valence-electron chi connectivity index (χ3n) is 17.7. The van der Waals surface area contributed by atoms with E-state index in [9.17, 15) is 14.4 Å². The monoisotopic (exact) mass is 1440 g/mol. The number of anilines is 2. The van der Waals surface area contributed by atoms with Crippen molar-refractivity contribution in [3.8, 4) is 68.5 Å². The summed E-state index contributed by atoms with van der Waals surface area (Å²) >= 11 is 4.22. The molecule has 0 saturated carbocycles. The van der Waals surface area contributed by atoms with Crippen LogP contribution >= 0.6 is 35.3 Å². The molecule has 5 aliphatic rings. The van der Waals surface area contributed by atoms with Gasteiger partial charge in [0.1, 0.15) is 47.2 Å². The maximum Gasteiger partial charge on any atom is 0.231 e. The second-order valence-electron chi connectivity index (χ2n) is 24.8. The lowest BCUT2D eigenvalue weighted by Gasteiger charge is -2.26. The van der Waals surface area contributed by atoms with Crippen LogP contribution in [0.5, 0.6) is 34.5 Å². The number of rotatable bonds is 26. The Morgan fingerprint density at radius 2 is 1.12 bits per heavy atom. The number of amidine groups is 1. The number of allylic oxidation sites excluding steroid dienone is 1. The molecular formula is C70H71N17O12S3. The Hall–Kier alpha value is -11.0. The molecule has 3 aromatic carbocycles. The fourth-order valence-corrected chi connectivity index (χ4v) is 15.8. The number of nitrogens with one attached hydrogen (secondary N) is 4. The molecule has 1 fully saturated rings. The zero-order valence-corrected chi connectivity index (χ0v) is 58.6.